The normalized spacial score (nSPS) is 13.7. The lowest BCUT2D eigenvalue weighted by molar-refractivity contribution is -0.304. The summed E-state index contributed by atoms with van der Waals surface area (Å²) in [4.78, 5) is 0. The van der Waals surface area contributed by atoms with Gasteiger partial charge in [0.05, 0.1) is 12.5 Å². The second-order valence-electron chi connectivity index (χ2n) is 3.55. The van der Waals surface area contributed by atoms with Gasteiger partial charge in [0.15, 0.2) is 0 Å². The van der Waals surface area contributed by atoms with Crippen molar-refractivity contribution in [2.45, 2.75) is 24.9 Å². The van der Waals surface area contributed by atoms with Crippen molar-refractivity contribution in [1.82, 2.24) is 0 Å². The van der Waals surface area contributed by atoms with Crippen molar-refractivity contribution in [3.63, 3.8) is 0 Å². The lowest BCUT2D eigenvalue weighted by atomic mass is 10.1. The lowest BCUT2D eigenvalue weighted by Crippen LogP contribution is -2.45. The number of hydrogen-bond acceptors (Lipinski definition) is 2. The van der Waals surface area contributed by atoms with Gasteiger partial charge in [-0.3, -0.25) is 0 Å². The van der Waals surface area contributed by atoms with Gasteiger partial charge in [-0.05, 0) is 17.7 Å². The predicted octanol–water partition coefficient (Wildman–Crippen LogP) is 3.62. The summed E-state index contributed by atoms with van der Waals surface area (Å²) < 4.78 is 77.8. The Morgan fingerprint density at radius 3 is 2.37 bits per heavy atom. The molecule has 1 atom stereocenters. The summed E-state index contributed by atoms with van der Waals surface area (Å²) in [5.41, 5.74) is 0.262. The average molecular weight is 283 g/mol. The van der Waals surface area contributed by atoms with E-state index in [1.54, 1.807) is 6.07 Å². The molecule has 0 radical (unpaired) electrons. The predicted molar refractivity (Wildman–Crippen MR) is 52.3 cm³/mol. The van der Waals surface area contributed by atoms with Crippen LogP contribution in [0.2, 0.25) is 0 Å². The minimum Gasteiger partial charge on any atom is -0.430 e. The van der Waals surface area contributed by atoms with Crippen LogP contribution >= 0.6 is 0 Å². The van der Waals surface area contributed by atoms with E-state index < -0.39 is 24.2 Å². The van der Waals surface area contributed by atoms with Gasteiger partial charge in [-0.2, -0.15) is 27.2 Å². The van der Waals surface area contributed by atoms with Gasteiger partial charge in [-0.1, -0.05) is 12.1 Å². The fourth-order valence-electron chi connectivity index (χ4n) is 1.21. The molecule has 0 saturated carbocycles. The second-order valence-corrected chi connectivity index (χ2v) is 3.55. The van der Waals surface area contributed by atoms with Crippen molar-refractivity contribution in [3.05, 3.63) is 29.8 Å². The highest BCUT2D eigenvalue weighted by atomic mass is 19.4. The zero-order valence-corrected chi connectivity index (χ0v) is 9.22. The van der Waals surface area contributed by atoms with Crippen LogP contribution in [-0.2, 0) is 6.42 Å². The number of rotatable bonds is 4. The van der Waals surface area contributed by atoms with Crippen molar-refractivity contribution in [2.75, 3.05) is 0 Å². The monoisotopic (exact) mass is 283 g/mol. The molecule has 0 saturated heterocycles. The first kappa shape index (κ1) is 15.1. The molecule has 2 nitrogen and oxygen atoms in total. The molecule has 0 fully saturated rings. The van der Waals surface area contributed by atoms with Crippen LogP contribution in [-0.4, -0.2) is 18.5 Å². The third kappa shape index (κ3) is 4.05. The first-order valence-corrected chi connectivity index (χ1v) is 4.90. The Balaban J connectivity index is 2.89. The van der Waals surface area contributed by atoms with Crippen molar-refractivity contribution < 1.29 is 31.1 Å². The van der Waals surface area contributed by atoms with E-state index in [2.05, 4.69) is 4.74 Å². The van der Waals surface area contributed by atoms with E-state index >= 15 is 0 Å². The fourth-order valence-corrected chi connectivity index (χ4v) is 1.21. The molecule has 0 aliphatic carbocycles. The van der Waals surface area contributed by atoms with Crippen molar-refractivity contribution >= 4 is 0 Å². The Labute approximate surface area is 104 Å². The number of halogens is 6. The Bertz CT molecular complexity index is 479. The standard InChI is InChI=1S/C11H7F6NO/c12-9(10(13,14)15)11(16,17)19-8-3-1-2-7(6-8)4-5-18/h1-3,6,9H,4H2. The van der Waals surface area contributed by atoms with E-state index in [9.17, 15) is 26.3 Å². The summed E-state index contributed by atoms with van der Waals surface area (Å²) in [5, 5.41) is 8.39. The van der Waals surface area contributed by atoms with Crippen LogP contribution in [0.5, 0.6) is 5.75 Å². The summed E-state index contributed by atoms with van der Waals surface area (Å²) in [7, 11) is 0. The summed E-state index contributed by atoms with van der Waals surface area (Å²) in [6, 6.07) is 6.21. The summed E-state index contributed by atoms with van der Waals surface area (Å²) in [5.74, 6) is -0.648. The molecule has 0 amide bonds. The molecule has 1 aromatic carbocycles. The van der Waals surface area contributed by atoms with Gasteiger partial charge in [0.1, 0.15) is 5.75 Å². The Morgan fingerprint density at radius 1 is 1.21 bits per heavy atom. The maximum absolute atomic E-state index is 12.9. The van der Waals surface area contributed by atoms with Crippen molar-refractivity contribution in [2.24, 2.45) is 0 Å². The minimum absolute atomic E-state index is 0.138. The van der Waals surface area contributed by atoms with Crippen LogP contribution in [0.1, 0.15) is 5.56 Å². The number of hydrogen-bond donors (Lipinski definition) is 0. The first-order chi connectivity index (χ1) is 8.66. The van der Waals surface area contributed by atoms with E-state index in [0.717, 1.165) is 12.1 Å². The van der Waals surface area contributed by atoms with Gasteiger partial charge in [-0.15, -0.1) is 0 Å². The molecule has 0 N–H and O–H groups in total. The molecule has 0 spiro atoms. The first-order valence-electron chi connectivity index (χ1n) is 4.90. The molecule has 0 bridgehead atoms. The van der Waals surface area contributed by atoms with Gasteiger partial charge >= 0.3 is 12.3 Å². The number of alkyl halides is 6. The topological polar surface area (TPSA) is 33.0 Å². The molecule has 1 rings (SSSR count). The highest BCUT2D eigenvalue weighted by molar-refractivity contribution is 5.30. The van der Waals surface area contributed by atoms with Gasteiger partial charge in [-0.25, -0.2) is 4.39 Å². The summed E-state index contributed by atoms with van der Waals surface area (Å²) >= 11 is 0. The largest absolute Gasteiger partial charge is 0.439 e. The van der Waals surface area contributed by atoms with Crippen LogP contribution in [0.4, 0.5) is 26.3 Å². The zero-order chi connectivity index (χ0) is 14.7. The van der Waals surface area contributed by atoms with Crippen molar-refractivity contribution in [1.29, 1.82) is 5.26 Å². The van der Waals surface area contributed by atoms with E-state index in [-0.39, 0.29) is 12.0 Å². The third-order valence-electron chi connectivity index (χ3n) is 2.02. The average Bonchev–Trinajstić information content (AvgIpc) is 2.27. The van der Waals surface area contributed by atoms with Crippen LogP contribution in [0.25, 0.3) is 0 Å². The number of ether oxygens (including phenoxy) is 1. The SMILES string of the molecule is N#CCc1cccc(OC(F)(F)C(F)C(F)(F)F)c1. The van der Waals surface area contributed by atoms with Gasteiger partial charge in [0.2, 0.25) is 0 Å². The van der Waals surface area contributed by atoms with Crippen LogP contribution in [0, 0.1) is 11.3 Å². The zero-order valence-electron chi connectivity index (χ0n) is 9.22. The molecule has 0 aliphatic heterocycles. The van der Waals surface area contributed by atoms with Crippen LogP contribution in [0.3, 0.4) is 0 Å². The maximum atomic E-state index is 12.9. The molecule has 1 aromatic rings. The van der Waals surface area contributed by atoms with E-state index in [4.69, 9.17) is 5.26 Å². The third-order valence-corrected chi connectivity index (χ3v) is 2.02. The highest BCUT2D eigenvalue weighted by Crippen LogP contribution is 2.36. The molecule has 104 valence electrons. The van der Waals surface area contributed by atoms with E-state index in [1.807, 2.05) is 0 Å². The molecule has 0 heterocycles. The molecule has 19 heavy (non-hydrogen) atoms. The quantitative estimate of drug-likeness (QED) is 0.790. The van der Waals surface area contributed by atoms with Crippen LogP contribution < -0.4 is 4.74 Å². The Morgan fingerprint density at radius 2 is 1.84 bits per heavy atom. The van der Waals surface area contributed by atoms with Gasteiger partial charge in [0, 0.05) is 0 Å². The number of nitriles is 1. The molecule has 0 aromatic heterocycles. The Hall–Kier alpha value is -1.91. The van der Waals surface area contributed by atoms with Gasteiger partial charge < -0.3 is 4.74 Å². The highest BCUT2D eigenvalue weighted by Gasteiger charge is 2.59. The number of benzene rings is 1. The summed E-state index contributed by atoms with van der Waals surface area (Å²) in [6.45, 7) is 0. The maximum Gasteiger partial charge on any atom is 0.439 e. The fraction of sp³-hybridized carbons (Fsp3) is 0.364. The molecular formula is C11H7F6NO. The smallest absolute Gasteiger partial charge is 0.430 e. The van der Waals surface area contributed by atoms with E-state index in [0.29, 0.717) is 0 Å². The van der Waals surface area contributed by atoms with Gasteiger partial charge in [0.25, 0.3) is 6.17 Å². The minimum atomic E-state index is -5.73. The van der Waals surface area contributed by atoms with E-state index in [1.165, 1.54) is 12.1 Å². The van der Waals surface area contributed by atoms with Crippen molar-refractivity contribution in [3.8, 4) is 11.8 Å². The second kappa shape index (κ2) is 5.38. The molecule has 8 heteroatoms. The molecule has 1 unspecified atom stereocenters. The Kier molecular flexibility index (Phi) is 4.29. The van der Waals surface area contributed by atoms with Crippen LogP contribution in [0.15, 0.2) is 24.3 Å². The lowest BCUT2D eigenvalue weighted by Gasteiger charge is -2.23. The summed E-state index contributed by atoms with van der Waals surface area (Å²) in [6.07, 6.45) is -15.3. The molecular weight excluding hydrogens is 276 g/mol. The molecule has 0 aliphatic rings. The number of nitrogens with zero attached hydrogens (tertiary/aromatic N) is 1.